The molecular weight excluding hydrogens is 272 g/mol. The van der Waals surface area contributed by atoms with Crippen LogP contribution in [0.25, 0.3) is 0 Å². The van der Waals surface area contributed by atoms with Gasteiger partial charge < -0.3 is 14.8 Å². The molecule has 1 aromatic heterocycles. The fraction of sp³-hybridized carbons (Fsp3) is 0.286. The highest BCUT2D eigenvalue weighted by Crippen LogP contribution is 2.10. The lowest BCUT2D eigenvalue weighted by Gasteiger charge is -2.08. The molecule has 0 radical (unpaired) electrons. The molecule has 21 heavy (non-hydrogen) atoms. The summed E-state index contributed by atoms with van der Waals surface area (Å²) >= 11 is 0. The van der Waals surface area contributed by atoms with Gasteiger partial charge in [0.25, 0.3) is 5.91 Å². The number of amides is 1. The number of aromatic nitrogens is 3. The zero-order chi connectivity index (χ0) is 15.2. The third-order valence-electron chi connectivity index (χ3n) is 2.80. The lowest BCUT2D eigenvalue weighted by molar-refractivity contribution is 0.0949. The van der Waals surface area contributed by atoms with Crippen LogP contribution in [-0.4, -0.2) is 35.1 Å². The number of carbonyl (C=O) groups is 1. The Kier molecular flexibility index (Phi) is 4.65. The van der Waals surface area contributed by atoms with Crippen molar-refractivity contribution in [1.29, 1.82) is 0 Å². The Morgan fingerprint density at radius 2 is 1.71 bits per heavy atom. The van der Waals surface area contributed by atoms with E-state index in [1.165, 1.54) is 14.2 Å². The van der Waals surface area contributed by atoms with Crippen LogP contribution in [0.15, 0.2) is 24.3 Å². The van der Waals surface area contributed by atoms with E-state index in [2.05, 4.69) is 20.3 Å². The minimum absolute atomic E-state index is 0.141. The zero-order valence-corrected chi connectivity index (χ0v) is 12.1. The molecule has 7 heteroatoms. The predicted molar refractivity (Wildman–Crippen MR) is 75.3 cm³/mol. The highest BCUT2D eigenvalue weighted by atomic mass is 16.5. The van der Waals surface area contributed by atoms with Gasteiger partial charge in [0.1, 0.15) is 0 Å². The highest BCUT2D eigenvalue weighted by molar-refractivity contribution is 5.95. The third kappa shape index (κ3) is 3.65. The van der Waals surface area contributed by atoms with Gasteiger partial charge in [-0.2, -0.15) is 9.97 Å². The summed E-state index contributed by atoms with van der Waals surface area (Å²) < 4.78 is 9.91. The van der Waals surface area contributed by atoms with Gasteiger partial charge in [0.2, 0.25) is 0 Å². The third-order valence-corrected chi connectivity index (χ3v) is 2.80. The average Bonchev–Trinajstić information content (AvgIpc) is 2.52. The average molecular weight is 288 g/mol. The first-order chi connectivity index (χ1) is 10.1. The maximum Gasteiger partial charge on any atom is 0.322 e. The molecule has 0 atom stereocenters. The molecular formula is C14H16N4O3. The number of hydrogen-bond donors (Lipinski definition) is 1. The molecule has 2 aromatic rings. The van der Waals surface area contributed by atoms with Crippen LogP contribution in [0.5, 0.6) is 12.0 Å². The molecule has 0 fully saturated rings. The fourth-order valence-electron chi connectivity index (χ4n) is 1.72. The molecule has 1 amide bonds. The molecule has 0 unspecified atom stereocenters. The van der Waals surface area contributed by atoms with E-state index in [-0.39, 0.29) is 24.5 Å². The number of carbonyl (C=O) groups excluding carboxylic acids is 1. The quantitative estimate of drug-likeness (QED) is 0.887. The summed E-state index contributed by atoms with van der Waals surface area (Å²) in [4.78, 5) is 24.1. The van der Waals surface area contributed by atoms with Crippen LogP contribution in [-0.2, 0) is 6.54 Å². The monoisotopic (exact) mass is 288 g/mol. The Labute approximate surface area is 122 Å². The number of aryl methyl sites for hydroxylation is 1. The lowest BCUT2D eigenvalue weighted by atomic mass is 10.1. The van der Waals surface area contributed by atoms with Gasteiger partial charge in [0.05, 0.1) is 20.8 Å². The van der Waals surface area contributed by atoms with Gasteiger partial charge in [-0.15, -0.1) is 4.98 Å². The molecule has 0 aliphatic rings. The summed E-state index contributed by atoms with van der Waals surface area (Å²) in [5.41, 5.74) is 1.52. The second-order valence-electron chi connectivity index (χ2n) is 4.22. The first kappa shape index (κ1) is 14.7. The Balaban J connectivity index is 2.09. The van der Waals surface area contributed by atoms with Gasteiger partial charge in [-0.25, -0.2) is 0 Å². The number of hydrogen-bond acceptors (Lipinski definition) is 6. The van der Waals surface area contributed by atoms with Crippen molar-refractivity contribution in [1.82, 2.24) is 20.3 Å². The molecule has 110 valence electrons. The normalized spacial score (nSPS) is 10.0. The van der Waals surface area contributed by atoms with Crippen LogP contribution in [0.1, 0.15) is 21.7 Å². The zero-order valence-electron chi connectivity index (χ0n) is 12.1. The van der Waals surface area contributed by atoms with Crippen LogP contribution in [0, 0.1) is 6.92 Å². The number of ether oxygens (including phenoxy) is 2. The minimum atomic E-state index is -0.188. The van der Waals surface area contributed by atoms with E-state index in [1.807, 2.05) is 25.1 Å². The van der Waals surface area contributed by atoms with Gasteiger partial charge in [0.15, 0.2) is 5.82 Å². The Hall–Kier alpha value is -2.70. The van der Waals surface area contributed by atoms with Crippen LogP contribution in [0.2, 0.25) is 0 Å². The summed E-state index contributed by atoms with van der Waals surface area (Å²) in [6.07, 6.45) is 0. The van der Waals surface area contributed by atoms with E-state index in [4.69, 9.17) is 9.47 Å². The van der Waals surface area contributed by atoms with Crippen molar-refractivity contribution in [3.8, 4) is 12.0 Å². The van der Waals surface area contributed by atoms with Crippen LogP contribution in [0.4, 0.5) is 0 Å². The second kappa shape index (κ2) is 6.65. The molecule has 7 nitrogen and oxygen atoms in total. The minimum Gasteiger partial charge on any atom is -0.467 e. The highest BCUT2D eigenvalue weighted by Gasteiger charge is 2.11. The van der Waals surface area contributed by atoms with Gasteiger partial charge in [-0.3, -0.25) is 4.79 Å². The standard InChI is InChI=1S/C14H16N4O3/c1-9-6-4-5-7-10(9)12(19)15-8-11-16-13(20-2)18-14(17-11)21-3/h4-7H,8H2,1-3H3,(H,15,19). The van der Waals surface area contributed by atoms with Gasteiger partial charge in [0, 0.05) is 5.56 Å². The molecule has 0 aliphatic carbocycles. The molecule has 0 aliphatic heterocycles. The van der Waals surface area contributed by atoms with Crippen molar-refractivity contribution >= 4 is 5.91 Å². The van der Waals surface area contributed by atoms with E-state index >= 15 is 0 Å². The molecule has 1 heterocycles. The second-order valence-corrected chi connectivity index (χ2v) is 4.22. The van der Waals surface area contributed by atoms with Crippen molar-refractivity contribution in [3.05, 3.63) is 41.2 Å². The molecule has 0 spiro atoms. The summed E-state index contributed by atoms with van der Waals surface area (Å²) in [6.45, 7) is 2.03. The van der Waals surface area contributed by atoms with Crippen LogP contribution in [0.3, 0.4) is 0 Å². The van der Waals surface area contributed by atoms with Gasteiger partial charge in [-0.1, -0.05) is 18.2 Å². The summed E-state index contributed by atoms with van der Waals surface area (Å²) in [5, 5.41) is 2.76. The Bertz CT molecular complexity index is 624. The first-order valence-corrected chi connectivity index (χ1v) is 6.30. The number of nitrogens with one attached hydrogen (secondary N) is 1. The largest absolute Gasteiger partial charge is 0.467 e. The summed E-state index contributed by atoms with van der Waals surface area (Å²) in [6, 6.07) is 7.62. The van der Waals surface area contributed by atoms with E-state index in [1.54, 1.807) is 6.07 Å². The van der Waals surface area contributed by atoms with Crippen molar-refractivity contribution in [2.45, 2.75) is 13.5 Å². The van der Waals surface area contributed by atoms with Crippen molar-refractivity contribution in [3.63, 3.8) is 0 Å². The van der Waals surface area contributed by atoms with Crippen molar-refractivity contribution in [2.24, 2.45) is 0 Å². The van der Waals surface area contributed by atoms with E-state index in [0.717, 1.165) is 5.56 Å². The van der Waals surface area contributed by atoms with Crippen LogP contribution < -0.4 is 14.8 Å². The molecule has 1 aromatic carbocycles. The first-order valence-electron chi connectivity index (χ1n) is 6.30. The summed E-state index contributed by atoms with van der Waals surface area (Å²) in [7, 11) is 2.90. The molecule has 1 N–H and O–H groups in total. The number of methoxy groups -OCH3 is 2. The maximum absolute atomic E-state index is 12.1. The van der Waals surface area contributed by atoms with E-state index < -0.39 is 0 Å². The molecule has 0 bridgehead atoms. The van der Waals surface area contributed by atoms with Gasteiger partial charge >= 0.3 is 12.0 Å². The molecule has 0 saturated carbocycles. The molecule has 2 rings (SSSR count). The number of nitrogens with zero attached hydrogens (tertiary/aromatic N) is 3. The predicted octanol–water partition coefficient (Wildman–Crippen LogP) is 1.13. The Morgan fingerprint density at radius 3 is 2.29 bits per heavy atom. The SMILES string of the molecule is COc1nc(CNC(=O)c2ccccc2C)nc(OC)n1. The van der Waals surface area contributed by atoms with Crippen LogP contribution >= 0.6 is 0 Å². The van der Waals surface area contributed by atoms with E-state index in [0.29, 0.717) is 11.4 Å². The number of rotatable bonds is 5. The lowest BCUT2D eigenvalue weighted by Crippen LogP contribution is -2.25. The topological polar surface area (TPSA) is 86.2 Å². The Morgan fingerprint density at radius 1 is 1.10 bits per heavy atom. The molecule has 0 saturated heterocycles. The smallest absolute Gasteiger partial charge is 0.322 e. The summed E-state index contributed by atoms with van der Waals surface area (Å²) in [5.74, 6) is 0.173. The number of benzene rings is 1. The maximum atomic E-state index is 12.1. The van der Waals surface area contributed by atoms with E-state index in [9.17, 15) is 4.79 Å². The van der Waals surface area contributed by atoms with Gasteiger partial charge in [-0.05, 0) is 18.6 Å². The van der Waals surface area contributed by atoms with Crippen molar-refractivity contribution < 1.29 is 14.3 Å². The fourth-order valence-corrected chi connectivity index (χ4v) is 1.72. The van der Waals surface area contributed by atoms with Crippen molar-refractivity contribution in [2.75, 3.05) is 14.2 Å².